The van der Waals surface area contributed by atoms with E-state index in [4.69, 9.17) is 0 Å². The number of Topliss-reactive ketones (excluding diaryl/α,β-unsaturated/α-hetero) is 1. The van der Waals surface area contributed by atoms with Crippen molar-refractivity contribution in [3.05, 3.63) is 74.8 Å². The number of hydrogen-bond donors (Lipinski definition) is 0. The van der Waals surface area contributed by atoms with Gasteiger partial charge in [0.05, 0.1) is 23.6 Å². The number of rotatable bonds is 5. The van der Waals surface area contributed by atoms with Gasteiger partial charge in [-0.3, -0.25) is 24.0 Å². The predicted octanol–water partition coefficient (Wildman–Crippen LogP) is 3.80. The SMILES string of the molecule is O=C(c1cc(F)ccc1F)C1CCN(Cn2c(-c3ccccn3)csc2=O)CC1. The van der Waals surface area contributed by atoms with Crippen LogP contribution in [0.1, 0.15) is 23.2 Å². The summed E-state index contributed by atoms with van der Waals surface area (Å²) in [7, 11) is 0. The molecule has 4 rings (SSSR count). The second-order valence-corrected chi connectivity index (χ2v) is 7.87. The summed E-state index contributed by atoms with van der Waals surface area (Å²) in [6.07, 6.45) is 2.75. The van der Waals surface area contributed by atoms with Crippen LogP contribution in [-0.4, -0.2) is 33.3 Å². The zero-order valence-corrected chi connectivity index (χ0v) is 16.4. The topological polar surface area (TPSA) is 55.2 Å². The molecule has 8 heteroatoms. The van der Waals surface area contributed by atoms with Gasteiger partial charge in [0.2, 0.25) is 0 Å². The number of halogens is 2. The van der Waals surface area contributed by atoms with Crippen molar-refractivity contribution in [1.29, 1.82) is 0 Å². The lowest BCUT2D eigenvalue weighted by molar-refractivity contribution is 0.0806. The number of ketones is 1. The van der Waals surface area contributed by atoms with Gasteiger partial charge in [0, 0.05) is 30.6 Å². The molecule has 5 nitrogen and oxygen atoms in total. The number of nitrogens with zero attached hydrogens (tertiary/aromatic N) is 3. The molecule has 0 bridgehead atoms. The zero-order chi connectivity index (χ0) is 20.4. The molecule has 1 fully saturated rings. The average molecular weight is 415 g/mol. The average Bonchev–Trinajstić information content (AvgIpc) is 3.11. The first-order valence-electron chi connectivity index (χ1n) is 9.34. The summed E-state index contributed by atoms with van der Waals surface area (Å²) < 4.78 is 29.0. The first kappa shape index (κ1) is 19.6. The monoisotopic (exact) mass is 415 g/mol. The molecule has 1 aromatic carbocycles. The number of carbonyl (C=O) groups excluding carboxylic acids is 1. The number of benzene rings is 1. The molecule has 0 amide bonds. The second kappa shape index (κ2) is 8.34. The van der Waals surface area contributed by atoms with Gasteiger partial charge in [-0.2, -0.15) is 0 Å². The van der Waals surface area contributed by atoms with Gasteiger partial charge in [-0.05, 0) is 43.2 Å². The molecule has 29 heavy (non-hydrogen) atoms. The van der Waals surface area contributed by atoms with Crippen LogP contribution < -0.4 is 4.87 Å². The lowest BCUT2D eigenvalue weighted by Gasteiger charge is -2.31. The van der Waals surface area contributed by atoms with Gasteiger partial charge in [0.15, 0.2) is 5.78 Å². The molecule has 1 aliphatic rings. The van der Waals surface area contributed by atoms with E-state index < -0.39 is 11.6 Å². The fourth-order valence-electron chi connectivity index (χ4n) is 3.62. The highest BCUT2D eigenvalue weighted by molar-refractivity contribution is 7.07. The fraction of sp³-hybridized carbons (Fsp3) is 0.286. The molecule has 150 valence electrons. The molecule has 1 saturated heterocycles. The molecule has 0 spiro atoms. The van der Waals surface area contributed by atoms with E-state index in [0.29, 0.717) is 32.6 Å². The van der Waals surface area contributed by atoms with Gasteiger partial charge in [-0.1, -0.05) is 17.4 Å². The standard InChI is InChI=1S/C21H19F2N3O2S/c22-15-4-5-17(23)16(11-15)20(27)14-6-9-25(10-7-14)13-26-19(12-29-21(26)28)18-3-1-2-8-24-18/h1-5,8,11-12,14H,6-7,9-10,13H2. The molecule has 0 aliphatic carbocycles. The number of thiazole rings is 1. The van der Waals surface area contributed by atoms with Crippen LogP contribution in [0.25, 0.3) is 11.4 Å². The minimum absolute atomic E-state index is 0.0642. The Morgan fingerprint density at radius 2 is 1.97 bits per heavy atom. The van der Waals surface area contributed by atoms with Crippen molar-refractivity contribution in [1.82, 2.24) is 14.5 Å². The maximum absolute atomic E-state index is 13.9. The van der Waals surface area contributed by atoms with E-state index in [9.17, 15) is 18.4 Å². The maximum atomic E-state index is 13.9. The lowest BCUT2D eigenvalue weighted by Crippen LogP contribution is -2.39. The number of hydrogen-bond acceptors (Lipinski definition) is 5. The second-order valence-electron chi connectivity index (χ2n) is 7.05. The normalized spacial score (nSPS) is 15.5. The van der Waals surface area contributed by atoms with E-state index in [1.807, 2.05) is 18.2 Å². The number of piperidine rings is 1. The highest BCUT2D eigenvalue weighted by Crippen LogP contribution is 2.25. The minimum atomic E-state index is -0.691. The van der Waals surface area contributed by atoms with Gasteiger partial charge in [-0.15, -0.1) is 0 Å². The lowest BCUT2D eigenvalue weighted by atomic mass is 9.89. The largest absolute Gasteiger partial charge is 0.308 e. The van der Waals surface area contributed by atoms with E-state index in [1.54, 1.807) is 16.1 Å². The number of aromatic nitrogens is 2. The Morgan fingerprint density at radius 1 is 1.17 bits per heavy atom. The highest BCUT2D eigenvalue weighted by Gasteiger charge is 2.28. The van der Waals surface area contributed by atoms with Crippen LogP contribution in [0.5, 0.6) is 0 Å². The Hall–Kier alpha value is -2.71. The van der Waals surface area contributed by atoms with Crippen LogP contribution in [0.2, 0.25) is 0 Å². The van der Waals surface area contributed by atoms with Crippen molar-refractivity contribution in [2.75, 3.05) is 13.1 Å². The van der Waals surface area contributed by atoms with Crippen molar-refractivity contribution in [2.24, 2.45) is 5.92 Å². The molecule has 0 unspecified atom stereocenters. The molecule has 0 atom stereocenters. The van der Waals surface area contributed by atoms with Crippen molar-refractivity contribution in [2.45, 2.75) is 19.5 Å². The molecule has 0 N–H and O–H groups in total. The minimum Gasteiger partial charge on any atom is -0.294 e. The van der Waals surface area contributed by atoms with Crippen molar-refractivity contribution >= 4 is 17.1 Å². The Morgan fingerprint density at radius 3 is 2.69 bits per heavy atom. The van der Waals surface area contributed by atoms with Crippen LogP contribution >= 0.6 is 11.3 Å². The Bertz CT molecular complexity index is 1070. The van der Waals surface area contributed by atoms with Gasteiger partial charge in [-0.25, -0.2) is 8.78 Å². The van der Waals surface area contributed by atoms with Crippen LogP contribution in [0.4, 0.5) is 8.78 Å². The molecule has 0 saturated carbocycles. The molecule has 0 radical (unpaired) electrons. The number of likely N-dealkylation sites (tertiary alicyclic amines) is 1. The van der Waals surface area contributed by atoms with Gasteiger partial charge >= 0.3 is 4.87 Å². The molecular formula is C21H19F2N3O2S. The zero-order valence-electron chi connectivity index (χ0n) is 15.6. The molecule has 2 aromatic heterocycles. The Labute approximate surface area is 170 Å². The smallest absolute Gasteiger partial charge is 0.294 e. The summed E-state index contributed by atoms with van der Waals surface area (Å²) in [6.45, 7) is 1.60. The van der Waals surface area contributed by atoms with Crippen molar-refractivity contribution < 1.29 is 13.6 Å². The summed E-state index contributed by atoms with van der Waals surface area (Å²) in [5.74, 6) is -2.02. The molecule has 3 heterocycles. The third-order valence-corrected chi connectivity index (χ3v) is 5.97. The summed E-state index contributed by atoms with van der Waals surface area (Å²) in [4.78, 5) is 31.3. The highest BCUT2D eigenvalue weighted by atomic mass is 32.1. The molecular weight excluding hydrogens is 396 g/mol. The maximum Gasteiger partial charge on any atom is 0.308 e. The first-order valence-corrected chi connectivity index (χ1v) is 10.2. The van der Waals surface area contributed by atoms with Crippen molar-refractivity contribution in [3.8, 4) is 11.4 Å². The summed E-state index contributed by atoms with van der Waals surface area (Å²) >= 11 is 1.13. The van der Waals surface area contributed by atoms with E-state index in [2.05, 4.69) is 9.88 Å². The molecule has 1 aliphatic heterocycles. The van der Waals surface area contributed by atoms with Crippen LogP contribution in [0, 0.1) is 17.6 Å². The van der Waals surface area contributed by atoms with Crippen LogP contribution in [0.3, 0.4) is 0 Å². The van der Waals surface area contributed by atoms with Gasteiger partial charge in [0.25, 0.3) is 0 Å². The first-order chi connectivity index (χ1) is 14.0. The van der Waals surface area contributed by atoms with E-state index in [0.717, 1.165) is 40.9 Å². The summed E-state index contributed by atoms with van der Waals surface area (Å²) in [6, 6.07) is 8.51. The summed E-state index contributed by atoms with van der Waals surface area (Å²) in [5, 5.41) is 1.80. The third kappa shape index (κ3) is 4.18. The van der Waals surface area contributed by atoms with Crippen LogP contribution in [-0.2, 0) is 6.67 Å². The number of pyridine rings is 1. The van der Waals surface area contributed by atoms with E-state index >= 15 is 0 Å². The molecule has 3 aromatic rings. The Kier molecular flexibility index (Phi) is 5.64. The van der Waals surface area contributed by atoms with Crippen molar-refractivity contribution in [3.63, 3.8) is 0 Å². The predicted molar refractivity (Wildman–Crippen MR) is 107 cm³/mol. The summed E-state index contributed by atoms with van der Waals surface area (Å²) in [5.41, 5.74) is 1.31. The number of carbonyl (C=O) groups is 1. The van der Waals surface area contributed by atoms with Crippen LogP contribution in [0.15, 0.2) is 52.8 Å². The third-order valence-electron chi connectivity index (χ3n) is 5.20. The quantitative estimate of drug-likeness (QED) is 0.595. The van der Waals surface area contributed by atoms with E-state index in [-0.39, 0.29) is 22.1 Å². The van der Waals surface area contributed by atoms with Gasteiger partial charge < -0.3 is 0 Å². The fourth-order valence-corrected chi connectivity index (χ4v) is 4.37. The van der Waals surface area contributed by atoms with E-state index in [1.165, 1.54) is 0 Å². The van der Waals surface area contributed by atoms with Gasteiger partial charge in [0.1, 0.15) is 11.6 Å². The Balaban J connectivity index is 1.44.